The summed E-state index contributed by atoms with van der Waals surface area (Å²) >= 11 is 5.83. The van der Waals surface area contributed by atoms with Gasteiger partial charge in [0.1, 0.15) is 0 Å². The van der Waals surface area contributed by atoms with E-state index >= 15 is 0 Å². The SMILES string of the molecule is CCc1nc(C)c(-c2ccc(Cl)cc2)o1. The highest BCUT2D eigenvalue weighted by Crippen LogP contribution is 2.25. The molecule has 0 radical (unpaired) electrons. The minimum absolute atomic E-state index is 0.728. The van der Waals surface area contributed by atoms with Gasteiger partial charge in [0.15, 0.2) is 11.7 Å². The molecule has 0 atom stereocenters. The molecule has 0 unspecified atom stereocenters. The molecule has 3 heteroatoms. The van der Waals surface area contributed by atoms with Crippen LogP contribution in [0.1, 0.15) is 18.5 Å². The van der Waals surface area contributed by atoms with Crippen LogP contribution in [-0.4, -0.2) is 4.98 Å². The highest BCUT2D eigenvalue weighted by Gasteiger charge is 2.09. The van der Waals surface area contributed by atoms with Crippen LogP contribution in [0.2, 0.25) is 5.02 Å². The van der Waals surface area contributed by atoms with Gasteiger partial charge in [-0.15, -0.1) is 0 Å². The Kier molecular flexibility index (Phi) is 2.78. The molecule has 78 valence electrons. The van der Waals surface area contributed by atoms with Crippen molar-refractivity contribution >= 4 is 11.6 Å². The molecule has 15 heavy (non-hydrogen) atoms. The molecule has 0 bridgehead atoms. The summed E-state index contributed by atoms with van der Waals surface area (Å²) in [5.41, 5.74) is 1.94. The van der Waals surface area contributed by atoms with Crippen LogP contribution in [0.5, 0.6) is 0 Å². The zero-order valence-electron chi connectivity index (χ0n) is 8.75. The monoisotopic (exact) mass is 221 g/mol. The zero-order chi connectivity index (χ0) is 10.8. The molecule has 2 rings (SSSR count). The lowest BCUT2D eigenvalue weighted by molar-refractivity contribution is 0.513. The number of aryl methyl sites for hydroxylation is 2. The Morgan fingerprint density at radius 2 is 1.93 bits per heavy atom. The van der Waals surface area contributed by atoms with E-state index in [9.17, 15) is 0 Å². The lowest BCUT2D eigenvalue weighted by atomic mass is 10.1. The number of halogens is 1. The Labute approximate surface area is 93.9 Å². The van der Waals surface area contributed by atoms with E-state index in [2.05, 4.69) is 4.98 Å². The van der Waals surface area contributed by atoms with Crippen molar-refractivity contribution < 1.29 is 4.42 Å². The number of hydrogen-bond acceptors (Lipinski definition) is 2. The maximum atomic E-state index is 5.83. The lowest BCUT2D eigenvalue weighted by Gasteiger charge is -1.97. The molecule has 0 aliphatic carbocycles. The lowest BCUT2D eigenvalue weighted by Crippen LogP contribution is -1.78. The quantitative estimate of drug-likeness (QED) is 0.770. The molecule has 2 nitrogen and oxygen atoms in total. The Hall–Kier alpha value is -1.28. The third-order valence-corrected chi connectivity index (χ3v) is 2.50. The van der Waals surface area contributed by atoms with Crippen LogP contribution in [0.15, 0.2) is 28.7 Å². The Morgan fingerprint density at radius 1 is 1.27 bits per heavy atom. The van der Waals surface area contributed by atoms with Crippen molar-refractivity contribution in [3.63, 3.8) is 0 Å². The molecular weight excluding hydrogens is 210 g/mol. The van der Waals surface area contributed by atoms with E-state index in [0.717, 1.165) is 34.4 Å². The number of oxazole rings is 1. The van der Waals surface area contributed by atoms with Crippen molar-refractivity contribution in [3.05, 3.63) is 40.9 Å². The van der Waals surface area contributed by atoms with Crippen molar-refractivity contribution in [2.75, 3.05) is 0 Å². The number of aromatic nitrogens is 1. The summed E-state index contributed by atoms with van der Waals surface area (Å²) in [6.45, 7) is 3.98. The van der Waals surface area contributed by atoms with Crippen molar-refractivity contribution in [2.24, 2.45) is 0 Å². The zero-order valence-corrected chi connectivity index (χ0v) is 9.51. The van der Waals surface area contributed by atoms with Gasteiger partial charge in [-0.25, -0.2) is 4.98 Å². The van der Waals surface area contributed by atoms with E-state index in [1.807, 2.05) is 38.1 Å². The van der Waals surface area contributed by atoms with E-state index < -0.39 is 0 Å². The van der Waals surface area contributed by atoms with Crippen LogP contribution < -0.4 is 0 Å². The standard InChI is InChI=1S/C12H12ClNO/c1-3-11-14-8(2)12(15-11)9-4-6-10(13)7-5-9/h4-7H,3H2,1-2H3. The molecule has 1 aromatic heterocycles. The fraction of sp³-hybridized carbons (Fsp3) is 0.250. The normalized spacial score (nSPS) is 10.6. The highest BCUT2D eigenvalue weighted by atomic mass is 35.5. The largest absolute Gasteiger partial charge is 0.440 e. The van der Waals surface area contributed by atoms with Gasteiger partial charge in [-0.1, -0.05) is 18.5 Å². The average molecular weight is 222 g/mol. The number of benzene rings is 1. The van der Waals surface area contributed by atoms with Gasteiger partial charge in [-0.05, 0) is 31.2 Å². The van der Waals surface area contributed by atoms with Crippen LogP contribution >= 0.6 is 11.6 Å². The van der Waals surface area contributed by atoms with Crippen molar-refractivity contribution in [1.82, 2.24) is 4.98 Å². The molecule has 0 saturated heterocycles. The molecule has 2 aromatic rings. The van der Waals surface area contributed by atoms with Crippen LogP contribution in [0, 0.1) is 6.92 Å². The Bertz CT molecular complexity index is 459. The summed E-state index contributed by atoms with van der Waals surface area (Å²) in [7, 11) is 0. The van der Waals surface area contributed by atoms with Crippen LogP contribution in [-0.2, 0) is 6.42 Å². The first-order valence-corrected chi connectivity index (χ1v) is 5.30. The van der Waals surface area contributed by atoms with E-state index in [0.29, 0.717) is 0 Å². The van der Waals surface area contributed by atoms with Gasteiger partial charge in [-0.2, -0.15) is 0 Å². The molecule has 0 N–H and O–H groups in total. The number of nitrogens with zero attached hydrogens (tertiary/aromatic N) is 1. The van der Waals surface area contributed by atoms with Crippen molar-refractivity contribution in [2.45, 2.75) is 20.3 Å². The van der Waals surface area contributed by atoms with Crippen LogP contribution in [0.3, 0.4) is 0 Å². The molecule has 0 saturated carbocycles. The van der Waals surface area contributed by atoms with Gasteiger partial charge in [0.05, 0.1) is 5.69 Å². The summed E-state index contributed by atoms with van der Waals surface area (Å²) < 4.78 is 5.64. The molecule has 0 aliphatic heterocycles. The second-order valence-electron chi connectivity index (χ2n) is 3.38. The highest BCUT2D eigenvalue weighted by molar-refractivity contribution is 6.30. The van der Waals surface area contributed by atoms with Gasteiger partial charge < -0.3 is 4.42 Å². The van der Waals surface area contributed by atoms with E-state index in [1.165, 1.54) is 0 Å². The molecular formula is C12H12ClNO. The van der Waals surface area contributed by atoms with Gasteiger partial charge >= 0.3 is 0 Å². The first-order valence-electron chi connectivity index (χ1n) is 4.93. The Balaban J connectivity index is 2.44. The van der Waals surface area contributed by atoms with Gasteiger partial charge in [0.2, 0.25) is 0 Å². The summed E-state index contributed by atoms with van der Waals surface area (Å²) in [5, 5.41) is 0.728. The van der Waals surface area contributed by atoms with Gasteiger partial charge in [0.25, 0.3) is 0 Å². The Morgan fingerprint density at radius 3 is 2.47 bits per heavy atom. The summed E-state index contributed by atoms with van der Waals surface area (Å²) in [6, 6.07) is 7.58. The van der Waals surface area contributed by atoms with Gasteiger partial charge in [0, 0.05) is 17.0 Å². The topological polar surface area (TPSA) is 26.0 Å². The number of hydrogen-bond donors (Lipinski definition) is 0. The number of rotatable bonds is 2. The third-order valence-electron chi connectivity index (χ3n) is 2.25. The maximum absolute atomic E-state index is 5.83. The van der Waals surface area contributed by atoms with Crippen LogP contribution in [0.25, 0.3) is 11.3 Å². The molecule has 0 spiro atoms. The first-order chi connectivity index (χ1) is 7.20. The molecule has 1 heterocycles. The second kappa shape index (κ2) is 4.07. The average Bonchev–Trinajstić information content (AvgIpc) is 2.61. The minimum Gasteiger partial charge on any atom is -0.440 e. The minimum atomic E-state index is 0.728. The second-order valence-corrected chi connectivity index (χ2v) is 3.82. The third kappa shape index (κ3) is 2.05. The van der Waals surface area contributed by atoms with E-state index in [1.54, 1.807) is 0 Å². The fourth-order valence-corrected chi connectivity index (χ4v) is 1.60. The van der Waals surface area contributed by atoms with E-state index in [-0.39, 0.29) is 0 Å². The van der Waals surface area contributed by atoms with Crippen molar-refractivity contribution in [1.29, 1.82) is 0 Å². The summed E-state index contributed by atoms with van der Waals surface area (Å²) in [5.74, 6) is 1.61. The van der Waals surface area contributed by atoms with Crippen LogP contribution in [0.4, 0.5) is 0 Å². The first kappa shape index (κ1) is 10.2. The predicted molar refractivity (Wildman–Crippen MR) is 61.1 cm³/mol. The summed E-state index contributed by atoms with van der Waals surface area (Å²) in [4.78, 5) is 4.33. The molecule has 1 aromatic carbocycles. The maximum Gasteiger partial charge on any atom is 0.194 e. The molecule has 0 aliphatic rings. The summed E-state index contributed by atoms with van der Waals surface area (Å²) in [6.07, 6.45) is 0.814. The predicted octanol–water partition coefficient (Wildman–Crippen LogP) is 3.87. The van der Waals surface area contributed by atoms with E-state index in [4.69, 9.17) is 16.0 Å². The van der Waals surface area contributed by atoms with Crippen molar-refractivity contribution in [3.8, 4) is 11.3 Å². The van der Waals surface area contributed by atoms with Gasteiger partial charge in [-0.3, -0.25) is 0 Å². The molecule has 0 amide bonds. The molecule has 0 fully saturated rings. The smallest absolute Gasteiger partial charge is 0.194 e. The fourth-order valence-electron chi connectivity index (χ4n) is 1.47.